The average molecular weight is 449 g/mol. The van der Waals surface area contributed by atoms with E-state index in [1.54, 1.807) is 0 Å². The van der Waals surface area contributed by atoms with Crippen LogP contribution in [0.2, 0.25) is 0 Å². The summed E-state index contributed by atoms with van der Waals surface area (Å²) in [5.74, 6) is -0.836. The number of carbonyl (C=O) groups excluding carboxylic acids is 1. The summed E-state index contributed by atoms with van der Waals surface area (Å²) in [5, 5.41) is 10.6. The van der Waals surface area contributed by atoms with Crippen LogP contribution in [0, 0.1) is 5.82 Å². The monoisotopic (exact) mass is 449 g/mol. The fourth-order valence-corrected chi connectivity index (χ4v) is 4.59. The second-order valence-electron chi connectivity index (χ2n) is 8.56. The number of nitrogens with zero attached hydrogens (tertiary/aromatic N) is 2. The minimum absolute atomic E-state index is 0.0117. The van der Waals surface area contributed by atoms with Crippen molar-refractivity contribution in [3.05, 3.63) is 92.9 Å². The molecule has 1 fully saturated rings. The van der Waals surface area contributed by atoms with Crippen molar-refractivity contribution >= 4 is 5.91 Å². The van der Waals surface area contributed by atoms with E-state index in [4.69, 9.17) is 9.72 Å². The molecule has 0 saturated heterocycles. The number of methoxy groups -OCH3 is 1. The van der Waals surface area contributed by atoms with Gasteiger partial charge in [-0.3, -0.25) is 9.59 Å². The Bertz CT molecular complexity index is 1270. The molecule has 1 aromatic heterocycles. The van der Waals surface area contributed by atoms with Gasteiger partial charge in [-0.05, 0) is 24.5 Å². The molecule has 7 nitrogen and oxygen atoms in total. The zero-order valence-electron chi connectivity index (χ0n) is 18.2. The van der Waals surface area contributed by atoms with Crippen LogP contribution in [0.15, 0.2) is 53.3 Å². The Morgan fingerprint density at radius 3 is 2.67 bits per heavy atom. The predicted octanol–water partition coefficient (Wildman–Crippen LogP) is 2.62. The highest BCUT2D eigenvalue weighted by Crippen LogP contribution is 2.51. The maximum atomic E-state index is 14.5. The highest BCUT2D eigenvalue weighted by Gasteiger charge is 2.48. The molecule has 1 aliphatic carbocycles. The lowest BCUT2D eigenvalue weighted by molar-refractivity contribution is -0.141. The minimum atomic E-state index is -1.69. The van der Waals surface area contributed by atoms with E-state index in [1.165, 1.54) is 30.2 Å². The fraction of sp³-hybridized carbons (Fsp3) is 0.320. The third kappa shape index (κ3) is 3.60. The Labute approximate surface area is 189 Å². The summed E-state index contributed by atoms with van der Waals surface area (Å²) in [6.07, 6.45) is 0.528. The molecule has 2 N–H and O–H groups in total. The molecule has 0 spiro atoms. The van der Waals surface area contributed by atoms with Crippen LogP contribution in [0.3, 0.4) is 0 Å². The van der Waals surface area contributed by atoms with E-state index in [1.807, 2.05) is 30.3 Å². The summed E-state index contributed by atoms with van der Waals surface area (Å²) in [4.78, 5) is 35.0. The van der Waals surface area contributed by atoms with Gasteiger partial charge in [-0.1, -0.05) is 42.5 Å². The first kappa shape index (κ1) is 21.3. The summed E-state index contributed by atoms with van der Waals surface area (Å²) in [6, 6.07) is 14.3. The summed E-state index contributed by atoms with van der Waals surface area (Å²) >= 11 is 0. The quantitative estimate of drug-likeness (QED) is 0.624. The van der Waals surface area contributed by atoms with Crippen molar-refractivity contribution in [1.29, 1.82) is 0 Å². The number of hydrogen-bond donors (Lipinski definition) is 2. The SMILES string of the molecule is COc1cccc(C(O)C(=O)N2CCc3nc(C4(c5ccccc5)CC4)[nH]c(=O)c3C2)c1F. The Hall–Kier alpha value is -3.52. The number of benzene rings is 2. The predicted molar refractivity (Wildman–Crippen MR) is 118 cm³/mol. The number of H-pyrrole nitrogens is 1. The van der Waals surface area contributed by atoms with Crippen molar-refractivity contribution in [2.75, 3.05) is 13.7 Å². The second-order valence-corrected chi connectivity index (χ2v) is 8.56. The van der Waals surface area contributed by atoms with E-state index in [0.717, 1.165) is 18.4 Å². The number of aromatic amines is 1. The van der Waals surface area contributed by atoms with Crippen LogP contribution in [0.4, 0.5) is 4.39 Å². The molecule has 0 bridgehead atoms. The molecule has 3 aromatic rings. The smallest absolute Gasteiger partial charge is 0.256 e. The summed E-state index contributed by atoms with van der Waals surface area (Å²) in [6.45, 7) is 0.292. The third-order valence-electron chi connectivity index (χ3n) is 6.65. The number of fused-ring (bicyclic) bond motifs is 1. The normalized spacial score (nSPS) is 17.2. The fourth-order valence-electron chi connectivity index (χ4n) is 4.59. The van der Waals surface area contributed by atoms with Gasteiger partial charge in [0.2, 0.25) is 0 Å². The number of aliphatic hydroxyl groups is 1. The Kier molecular flexibility index (Phi) is 5.25. The number of aromatic nitrogens is 2. The van der Waals surface area contributed by atoms with Gasteiger partial charge < -0.3 is 19.7 Å². The standard InChI is InChI=1S/C25H24FN3O4/c1-33-19-9-5-8-16(20(19)26)21(30)23(32)29-13-10-18-17(14-29)22(31)28-24(27-18)25(11-12-25)15-6-3-2-4-7-15/h2-9,21,30H,10-14H2,1H3,(H,27,28,31). The van der Waals surface area contributed by atoms with Gasteiger partial charge in [0, 0.05) is 18.5 Å². The van der Waals surface area contributed by atoms with E-state index in [9.17, 15) is 19.1 Å². The lowest BCUT2D eigenvalue weighted by Gasteiger charge is -2.30. The number of carbonyl (C=O) groups is 1. The molecule has 1 amide bonds. The van der Waals surface area contributed by atoms with Crippen molar-refractivity contribution in [3.8, 4) is 5.75 Å². The van der Waals surface area contributed by atoms with Crippen LogP contribution < -0.4 is 10.3 Å². The van der Waals surface area contributed by atoms with Crippen LogP contribution in [-0.4, -0.2) is 39.5 Å². The molecule has 33 heavy (non-hydrogen) atoms. The number of nitrogens with one attached hydrogen (secondary N) is 1. The minimum Gasteiger partial charge on any atom is -0.494 e. The number of hydrogen-bond acceptors (Lipinski definition) is 5. The lowest BCUT2D eigenvalue weighted by atomic mass is 9.94. The number of ether oxygens (including phenoxy) is 1. The average Bonchev–Trinajstić information content (AvgIpc) is 3.66. The summed E-state index contributed by atoms with van der Waals surface area (Å²) in [7, 11) is 1.31. The van der Waals surface area contributed by atoms with Crippen LogP contribution in [0.1, 0.15) is 47.2 Å². The molecule has 0 radical (unpaired) electrons. The van der Waals surface area contributed by atoms with Crippen molar-refractivity contribution in [2.45, 2.75) is 37.3 Å². The van der Waals surface area contributed by atoms with Gasteiger partial charge in [0.1, 0.15) is 5.82 Å². The highest BCUT2D eigenvalue weighted by molar-refractivity contribution is 5.82. The number of halogens is 1. The molecule has 8 heteroatoms. The molecule has 1 atom stereocenters. The molecule has 1 aliphatic heterocycles. The summed E-state index contributed by atoms with van der Waals surface area (Å²) in [5.41, 5.74) is 1.50. The molecular weight excluding hydrogens is 425 g/mol. The van der Waals surface area contributed by atoms with Gasteiger partial charge in [-0.2, -0.15) is 0 Å². The first-order valence-corrected chi connectivity index (χ1v) is 10.9. The van der Waals surface area contributed by atoms with Crippen LogP contribution in [0.5, 0.6) is 5.75 Å². The maximum Gasteiger partial charge on any atom is 0.256 e. The zero-order valence-corrected chi connectivity index (χ0v) is 18.2. The molecule has 5 rings (SSSR count). The number of amides is 1. The van der Waals surface area contributed by atoms with Crippen molar-refractivity contribution in [3.63, 3.8) is 0 Å². The molecule has 2 aromatic carbocycles. The molecule has 170 valence electrons. The van der Waals surface area contributed by atoms with Crippen molar-refractivity contribution in [1.82, 2.24) is 14.9 Å². The Morgan fingerprint density at radius 1 is 1.21 bits per heavy atom. The van der Waals surface area contributed by atoms with E-state index < -0.39 is 17.8 Å². The Morgan fingerprint density at radius 2 is 1.97 bits per heavy atom. The van der Waals surface area contributed by atoms with Gasteiger partial charge in [0.15, 0.2) is 17.7 Å². The molecule has 1 unspecified atom stereocenters. The van der Waals surface area contributed by atoms with Crippen LogP contribution >= 0.6 is 0 Å². The van der Waals surface area contributed by atoms with Gasteiger partial charge in [-0.25, -0.2) is 9.37 Å². The first-order chi connectivity index (χ1) is 15.9. The van der Waals surface area contributed by atoms with Gasteiger partial charge in [-0.15, -0.1) is 0 Å². The Balaban J connectivity index is 1.40. The van der Waals surface area contributed by atoms with Crippen LogP contribution in [-0.2, 0) is 23.2 Å². The largest absolute Gasteiger partial charge is 0.494 e. The van der Waals surface area contributed by atoms with Crippen molar-refractivity contribution < 1.29 is 19.0 Å². The highest BCUT2D eigenvalue weighted by atomic mass is 19.1. The number of aliphatic hydroxyl groups excluding tert-OH is 1. The van der Waals surface area contributed by atoms with E-state index >= 15 is 0 Å². The van der Waals surface area contributed by atoms with Gasteiger partial charge >= 0.3 is 0 Å². The summed E-state index contributed by atoms with van der Waals surface area (Å²) < 4.78 is 19.5. The van der Waals surface area contributed by atoms with E-state index in [-0.39, 0.29) is 35.4 Å². The molecule has 1 saturated carbocycles. The zero-order chi connectivity index (χ0) is 23.2. The molecule has 2 aliphatic rings. The van der Waals surface area contributed by atoms with E-state index in [2.05, 4.69) is 4.98 Å². The second kappa shape index (κ2) is 8.12. The lowest BCUT2D eigenvalue weighted by Crippen LogP contribution is -2.42. The maximum absolute atomic E-state index is 14.5. The third-order valence-corrected chi connectivity index (χ3v) is 6.65. The number of rotatable bonds is 5. The van der Waals surface area contributed by atoms with E-state index in [0.29, 0.717) is 23.5 Å². The van der Waals surface area contributed by atoms with Gasteiger partial charge in [0.05, 0.1) is 30.3 Å². The molecule has 2 heterocycles. The topological polar surface area (TPSA) is 95.5 Å². The first-order valence-electron chi connectivity index (χ1n) is 10.9. The van der Waals surface area contributed by atoms with Crippen molar-refractivity contribution in [2.24, 2.45) is 0 Å². The van der Waals surface area contributed by atoms with Gasteiger partial charge in [0.25, 0.3) is 11.5 Å². The molecular formula is C25H24FN3O4. The van der Waals surface area contributed by atoms with Crippen LogP contribution in [0.25, 0.3) is 0 Å².